The number of ether oxygens (including phenoxy) is 1. The Bertz CT molecular complexity index is 591. The van der Waals surface area contributed by atoms with Gasteiger partial charge in [0.1, 0.15) is 5.58 Å². The Morgan fingerprint density at radius 2 is 2.26 bits per heavy atom. The highest BCUT2D eigenvalue weighted by molar-refractivity contribution is 5.97. The number of benzene rings is 1. The van der Waals surface area contributed by atoms with Crippen LogP contribution < -0.4 is 0 Å². The fraction of sp³-hybridized carbons (Fsp3) is 0.438. The minimum Gasteiger partial charge on any atom is -0.453 e. The van der Waals surface area contributed by atoms with Crippen molar-refractivity contribution in [2.45, 2.75) is 38.7 Å². The van der Waals surface area contributed by atoms with Crippen molar-refractivity contribution in [2.75, 3.05) is 6.61 Å². The normalized spacial score (nSPS) is 19.1. The van der Waals surface area contributed by atoms with E-state index in [9.17, 15) is 4.79 Å². The van der Waals surface area contributed by atoms with Crippen LogP contribution in [0.5, 0.6) is 0 Å². The van der Waals surface area contributed by atoms with Gasteiger partial charge in [-0.3, -0.25) is 4.79 Å². The zero-order chi connectivity index (χ0) is 13.2. The van der Waals surface area contributed by atoms with E-state index in [1.165, 1.54) is 5.56 Å². The van der Waals surface area contributed by atoms with Crippen LogP contribution in [0.3, 0.4) is 0 Å². The molecule has 1 atom stereocenters. The molecule has 0 spiro atoms. The summed E-state index contributed by atoms with van der Waals surface area (Å²) in [5.41, 5.74) is 1.96. The molecule has 0 radical (unpaired) electrons. The number of hydrogen-bond donors (Lipinski definition) is 0. The summed E-state index contributed by atoms with van der Waals surface area (Å²) in [5, 5.41) is 1.00. The molecule has 3 heteroatoms. The molecule has 100 valence electrons. The second-order valence-electron chi connectivity index (χ2n) is 5.25. The predicted octanol–water partition coefficient (Wildman–Crippen LogP) is 3.88. The number of rotatable bonds is 4. The lowest BCUT2D eigenvalue weighted by atomic mass is 10.1. The van der Waals surface area contributed by atoms with Crippen LogP contribution in [0.1, 0.15) is 41.8 Å². The predicted molar refractivity (Wildman–Crippen MR) is 73.5 cm³/mol. The maximum atomic E-state index is 12.1. The first-order valence-corrected chi connectivity index (χ1v) is 6.87. The first kappa shape index (κ1) is 12.4. The van der Waals surface area contributed by atoms with Gasteiger partial charge in [0.05, 0.1) is 6.10 Å². The molecule has 1 unspecified atom stereocenters. The Kier molecular flexibility index (Phi) is 3.38. The SMILES string of the molecule is Cc1ccc2oc(C(=O)CCC3CCCO3)cc2c1. The molecule has 19 heavy (non-hydrogen) atoms. The van der Waals surface area contributed by atoms with E-state index in [-0.39, 0.29) is 11.9 Å². The van der Waals surface area contributed by atoms with Crippen molar-refractivity contribution in [2.24, 2.45) is 0 Å². The van der Waals surface area contributed by atoms with Gasteiger partial charge in [-0.15, -0.1) is 0 Å². The van der Waals surface area contributed by atoms with E-state index in [0.29, 0.717) is 12.2 Å². The van der Waals surface area contributed by atoms with Crippen LogP contribution in [-0.2, 0) is 4.74 Å². The maximum Gasteiger partial charge on any atom is 0.198 e. The molecule has 1 aliphatic heterocycles. The van der Waals surface area contributed by atoms with Gasteiger partial charge in [0.25, 0.3) is 0 Å². The average Bonchev–Trinajstić information content (AvgIpc) is 3.04. The van der Waals surface area contributed by atoms with E-state index in [4.69, 9.17) is 9.15 Å². The summed E-state index contributed by atoms with van der Waals surface area (Å²) in [6.45, 7) is 2.87. The van der Waals surface area contributed by atoms with Crippen LogP contribution in [-0.4, -0.2) is 18.5 Å². The smallest absolute Gasteiger partial charge is 0.198 e. The van der Waals surface area contributed by atoms with Gasteiger partial charge < -0.3 is 9.15 Å². The third kappa shape index (κ3) is 2.71. The Balaban J connectivity index is 1.70. The van der Waals surface area contributed by atoms with Gasteiger partial charge in [-0.05, 0) is 44.4 Å². The van der Waals surface area contributed by atoms with Crippen molar-refractivity contribution in [3.63, 3.8) is 0 Å². The number of furan rings is 1. The summed E-state index contributed by atoms with van der Waals surface area (Å²) >= 11 is 0. The van der Waals surface area contributed by atoms with Crippen molar-refractivity contribution < 1.29 is 13.9 Å². The summed E-state index contributed by atoms with van der Waals surface area (Å²) in [5.74, 6) is 0.544. The number of aryl methyl sites for hydroxylation is 1. The number of ketones is 1. The molecule has 3 nitrogen and oxygen atoms in total. The minimum absolute atomic E-state index is 0.0735. The van der Waals surface area contributed by atoms with Gasteiger partial charge in [0, 0.05) is 18.4 Å². The molecule has 0 bridgehead atoms. The fourth-order valence-electron chi connectivity index (χ4n) is 2.59. The van der Waals surface area contributed by atoms with Crippen LogP contribution in [0.15, 0.2) is 28.7 Å². The minimum atomic E-state index is 0.0735. The lowest BCUT2D eigenvalue weighted by Gasteiger charge is -2.06. The van der Waals surface area contributed by atoms with Gasteiger partial charge in [0.2, 0.25) is 0 Å². The van der Waals surface area contributed by atoms with Crippen molar-refractivity contribution >= 4 is 16.8 Å². The van der Waals surface area contributed by atoms with Gasteiger partial charge in [0.15, 0.2) is 11.5 Å². The van der Waals surface area contributed by atoms with Crippen molar-refractivity contribution in [3.05, 3.63) is 35.6 Å². The molecule has 2 aromatic rings. The third-order valence-corrected chi connectivity index (χ3v) is 3.66. The molecule has 1 saturated heterocycles. The summed E-state index contributed by atoms with van der Waals surface area (Å²) in [6, 6.07) is 7.80. The quantitative estimate of drug-likeness (QED) is 0.781. The standard InChI is InChI=1S/C16H18O3/c1-11-4-7-15-12(9-11)10-16(19-15)14(17)6-5-13-3-2-8-18-13/h4,7,9-10,13H,2-3,5-6,8H2,1H3. The third-order valence-electron chi connectivity index (χ3n) is 3.66. The first-order valence-electron chi connectivity index (χ1n) is 6.87. The second kappa shape index (κ2) is 5.17. The van der Waals surface area contributed by atoms with Gasteiger partial charge in [-0.2, -0.15) is 0 Å². The summed E-state index contributed by atoms with van der Waals surface area (Å²) in [4.78, 5) is 12.1. The number of fused-ring (bicyclic) bond motifs is 1. The van der Waals surface area contributed by atoms with E-state index >= 15 is 0 Å². The highest BCUT2D eigenvalue weighted by atomic mass is 16.5. The van der Waals surface area contributed by atoms with Crippen LogP contribution in [0.25, 0.3) is 11.0 Å². The molecule has 0 amide bonds. The number of carbonyl (C=O) groups is 1. The monoisotopic (exact) mass is 258 g/mol. The van der Waals surface area contributed by atoms with Crippen LogP contribution in [0, 0.1) is 6.92 Å². The molecule has 0 aliphatic carbocycles. The number of carbonyl (C=O) groups excluding carboxylic acids is 1. The highest BCUT2D eigenvalue weighted by Gasteiger charge is 2.19. The van der Waals surface area contributed by atoms with Crippen molar-refractivity contribution in [3.8, 4) is 0 Å². The molecular formula is C16H18O3. The molecule has 0 N–H and O–H groups in total. The lowest BCUT2D eigenvalue weighted by molar-refractivity contribution is 0.0842. The van der Waals surface area contributed by atoms with Gasteiger partial charge in [-0.1, -0.05) is 11.6 Å². The van der Waals surface area contributed by atoms with E-state index < -0.39 is 0 Å². The summed E-state index contributed by atoms with van der Waals surface area (Å²) in [7, 11) is 0. The molecule has 2 heterocycles. The van der Waals surface area contributed by atoms with Gasteiger partial charge >= 0.3 is 0 Å². The fourth-order valence-corrected chi connectivity index (χ4v) is 2.59. The molecule has 1 aromatic heterocycles. The van der Waals surface area contributed by atoms with Gasteiger partial charge in [-0.25, -0.2) is 0 Å². The van der Waals surface area contributed by atoms with E-state index in [1.807, 2.05) is 31.2 Å². The largest absolute Gasteiger partial charge is 0.453 e. The zero-order valence-corrected chi connectivity index (χ0v) is 11.1. The first-order chi connectivity index (χ1) is 9.22. The summed E-state index contributed by atoms with van der Waals surface area (Å²) in [6.07, 6.45) is 3.75. The maximum absolute atomic E-state index is 12.1. The molecule has 1 aliphatic rings. The molecule has 1 fully saturated rings. The van der Waals surface area contributed by atoms with E-state index in [0.717, 1.165) is 36.8 Å². The van der Waals surface area contributed by atoms with Crippen molar-refractivity contribution in [1.82, 2.24) is 0 Å². The Morgan fingerprint density at radius 3 is 3.05 bits per heavy atom. The van der Waals surface area contributed by atoms with Crippen LogP contribution in [0.2, 0.25) is 0 Å². The zero-order valence-electron chi connectivity index (χ0n) is 11.1. The molecule has 3 rings (SSSR count). The second-order valence-corrected chi connectivity index (χ2v) is 5.25. The Labute approximate surface area is 112 Å². The number of Topliss-reactive ketones (excluding diaryl/α,β-unsaturated/α-hetero) is 1. The lowest BCUT2D eigenvalue weighted by Crippen LogP contribution is -2.08. The highest BCUT2D eigenvalue weighted by Crippen LogP contribution is 2.23. The topological polar surface area (TPSA) is 39.4 Å². The number of hydrogen-bond acceptors (Lipinski definition) is 3. The van der Waals surface area contributed by atoms with E-state index in [1.54, 1.807) is 0 Å². The summed E-state index contributed by atoms with van der Waals surface area (Å²) < 4.78 is 11.1. The van der Waals surface area contributed by atoms with Crippen LogP contribution in [0.4, 0.5) is 0 Å². The van der Waals surface area contributed by atoms with Crippen LogP contribution >= 0.6 is 0 Å². The Hall–Kier alpha value is -1.61. The van der Waals surface area contributed by atoms with E-state index in [2.05, 4.69) is 0 Å². The molecule has 0 saturated carbocycles. The Morgan fingerprint density at radius 1 is 1.37 bits per heavy atom. The van der Waals surface area contributed by atoms with Crippen molar-refractivity contribution in [1.29, 1.82) is 0 Å². The average molecular weight is 258 g/mol. The molecular weight excluding hydrogens is 240 g/mol. The molecule has 1 aromatic carbocycles.